The summed E-state index contributed by atoms with van der Waals surface area (Å²) in [7, 11) is -1.11. The lowest BCUT2D eigenvalue weighted by Crippen LogP contribution is -2.32. The standard InChI is InChI=1S/C11H13IN2O4S/c1-13(9-4-5-19(17,18)7-9)8-2-3-11(14(15)16)10(12)6-8/h2-3,6,9H,4-5,7H2,1H3. The van der Waals surface area contributed by atoms with Crippen LogP contribution in [0.3, 0.4) is 0 Å². The SMILES string of the molecule is CN(c1ccc([N+](=O)[O-])c(I)c1)C1CCS(=O)(=O)C1. The van der Waals surface area contributed by atoms with Gasteiger partial charge in [-0.25, -0.2) is 8.42 Å². The largest absolute Gasteiger partial charge is 0.371 e. The first kappa shape index (κ1) is 14.5. The minimum Gasteiger partial charge on any atom is -0.371 e. The van der Waals surface area contributed by atoms with Gasteiger partial charge in [-0.3, -0.25) is 10.1 Å². The number of nitrogens with zero attached hydrogens (tertiary/aromatic N) is 2. The Morgan fingerprint density at radius 2 is 2.16 bits per heavy atom. The minimum atomic E-state index is -2.93. The van der Waals surface area contributed by atoms with E-state index in [9.17, 15) is 18.5 Å². The van der Waals surface area contributed by atoms with E-state index < -0.39 is 14.8 Å². The summed E-state index contributed by atoms with van der Waals surface area (Å²) in [4.78, 5) is 12.2. The van der Waals surface area contributed by atoms with Gasteiger partial charge in [-0.15, -0.1) is 0 Å². The quantitative estimate of drug-likeness (QED) is 0.443. The van der Waals surface area contributed by atoms with Crippen LogP contribution in [-0.4, -0.2) is 37.9 Å². The predicted molar refractivity (Wildman–Crippen MR) is 81.3 cm³/mol. The van der Waals surface area contributed by atoms with Crippen molar-refractivity contribution in [2.45, 2.75) is 12.5 Å². The third-order valence-corrected chi connectivity index (χ3v) is 5.91. The summed E-state index contributed by atoms with van der Waals surface area (Å²) in [5.74, 6) is 0.364. The van der Waals surface area contributed by atoms with Gasteiger partial charge >= 0.3 is 0 Å². The van der Waals surface area contributed by atoms with Crippen molar-refractivity contribution in [1.82, 2.24) is 0 Å². The van der Waals surface area contributed by atoms with Crippen molar-refractivity contribution < 1.29 is 13.3 Å². The fourth-order valence-corrected chi connectivity index (χ4v) is 4.63. The number of hydrogen-bond donors (Lipinski definition) is 0. The van der Waals surface area contributed by atoms with Crippen LogP contribution in [0.1, 0.15) is 6.42 Å². The molecule has 0 aromatic heterocycles. The molecule has 1 unspecified atom stereocenters. The smallest absolute Gasteiger partial charge is 0.282 e. The maximum Gasteiger partial charge on any atom is 0.282 e. The summed E-state index contributed by atoms with van der Waals surface area (Å²) in [6.07, 6.45) is 0.604. The van der Waals surface area contributed by atoms with Gasteiger partial charge in [0.15, 0.2) is 9.84 Å². The molecule has 1 aliphatic rings. The summed E-state index contributed by atoms with van der Waals surface area (Å²) in [5.41, 5.74) is 0.869. The van der Waals surface area contributed by atoms with Gasteiger partial charge in [-0.1, -0.05) is 0 Å². The maximum absolute atomic E-state index is 11.5. The van der Waals surface area contributed by atoms with Gasteiger partial charge in [0.1, 0.15) is 0 Å². The van der Waals surface area contributed by atoms with Gasteiger partial charge in [-0.05, 0) is 41.1 Å². The molecule has 0 saturated carbocycles. The van der Waals surface area contributed by atoms with E-state index in [1.165, 1.54) is 6.07 Å². The lowest BCUT2D eigenvalue weighted by Gasteiger charge is -2.25. The molecule has 1 saturated heterocycles. The van der Waals surface area contributed by atoms with Gasteiger partial charge in [0.2, 0.25) is 0 Å². The van der Waals surface area contributed by atoms with Gasteiger partial charge in [0.25, 0.3) is 5.69 Å². The Bertz CT molecular complexity index is 617. The van der Waals surface area contributed by atoms with Crippen LogP contribution >= 0.6 is 22.6 Å². The molecule has 0 amide bonds. The molecule has 0 N–H and O–H groups in total. The fourth-order valence-electron chi connectivity index (χ4n) is 2.15. The first-order valence-electron chi connectivity index (χ1n) is 5.67. The average Bonchev–Trinajstić information content (AvgIpc) is 2.68. The summed E-state index contributed by atoms with van der Waals surface area (Å²) in [6.45, 7) is 0. The monoisotopic (exact) mass is 396 g/mol. The molecule has 1 heterocycles. The summed E-state index contributed by atoms with van der Waals surface area (Å²) >= 11 is 1.92. The van der Waals surface area contributed by atoms with Crippen LogP contribution in [0, 0.1) is 13.7 Å². The van der Waals surface area contributed by atoms with Crippen LogP contribution in [0.2, 0.25) is 0 Å². The third kappa shape index (κ3) is 3.16. The van der Waals surface area contributed by atoms with Crippen molar-refractivity contribution in [2.75, 3.05) is 23.5 Å². The van der Waals surface area contributed by atoms with E-state index in [0.717, 1.165) is 5.69 Å². The molecule has 19 heavy (non-hydrogen) atoms. The van der Waals surface area contributed by atoms with Crippen molar-refractivity contribution in [1.29, 1.82) is 0 Å². The van der Waals surface area contributed by atoms with Crippen LogP contribution in [0.5, 0.6) is 0 Å². The zero-order valence-electron chi connectivity index (χ0n) is 10.2. The average molecular weight is 396 g/mol. The molecule has 0 bridgehead atoms. The summed E-state index contributed by atoms with van der Waals surface area (Å²) < 4.78 is 23.5. The molecule has 1 atom stereocenters. The van der Waals surface area contributed by atoms with E-state index in [4.69, 9.17) is 0 Å². The van der Waals surface area contributed by atoms with Gasteiger partial charge in [0, 0.05) is 24.8 Å². The first-order valence-corrected chi connectivity index (χ1v) is 8.57. The van der Waals surface area contributed by atoms with E-state index in [2.05, 4.69) is 0 Å². The Hall–Kier alpha value is -0.900. The minimum absolute atomic E-state index is 0.0535. The molecule has 0 radical (unpaired) electrons. The van der Waals surface area contributed by atoms with Crippen LogP contribution < -0.4 is 4.90 Å². The molecule has 2 rings (SSSR count). The normalized spacial score (nSPS) is 21.3. The van der Waals surface area contributed by atoms with E-state index in [-0.39, 0.29) is 23.2 Å². The maximum atomic E-state index is 11.5. The number of rotatable bonds is 3. The molecule has 8 heteroatoms. The van der Waals surface area contributed by atoms with Crippen LogP contribution in [0.15, 0.2) is 18.2 Å². The topological polar surface area (TPSA) is 80.5 Å². The Balaban J connectivity index is 2.23. The first-order chi connectivity index (χ1) is 8.80. The second kappa shape index (κ2) is 5.23. The highest BCUT2D eigenvalue weighted by Crippen LogP contribution is 2.28. The molecular formula is C11H13IN2O4S. The number of sulfone groups is 1. The molecule has 0 aliphatic carbocycles. The molecule has 1 aliphatic heterocycles. The number of halogens is 1. The van der Waals surface area contributed by atoms with Crippen LogP contribution in [0.25, 0.3) is 0 Å². The van der Waals surface area contributed by atoms with Crippen molar-refractivity contribution in [2.24, 2.45) is 0 Å². The number of hydrogen-bond acceptors (Lipinski definition) is 5. The highest BCUT2D eigenvalue weighted by Gasteiger charge is 2.31. The summed E-state index contributed by atoms with van der Waals surface area (Å²) in [6, 6.07) is 4.77. The van der Waals surface area contributed by atoms with Crippen molar-refractivity contribution in [3.63, 3.8) is 0 Å². The van der Waals surface area contributed by atoms with Crippen molar-refractivity contribution >= 4 is 43.8 Å². The van der Waals surface area contributed by atoms with Crippen molar-refractivity contribution in [3.05, 3.63) is 31.9 Å². The molecule has 1 aromatic rings. The number of nitro groups is 1. The Kier molecular flexibility index (Phi) is 4.00. The van der Waals surface area contributed by atoms with Crippen molar-refractivity contribution in [3.8, 4) is 0 Å². The van der Waals surface area contributed by atoms with Gasteiger partial charge in [-0.2, -0.15) is 0 Å². The lowest BCUT2D eigenvalue weighted by molar-refractivity contribution is -0.385. The van der Waals surface area contributed by atoms with Gasteiger partial charge in [0.05, 0.1) is 20.0 Å². The molecule has 1 fully saturated rings. The second-order valence-electron chi connectivity index (χ2n) is 4.56. The highest BCUT2D eigenvalue weighted by molar-refractivity contribution is 14.1. The number of nitro benzene ring substituents is 1. The molecular weight excluding hydrogens is 383 g/mol. The van der Waals surface area contributed by atoms with E-state index in [1.54, 1.807) is 12.1 Å². The highest BCUT2D eigenvalue weighted by atomic mass is 127. The van der Waals surface area contributed by atoms with Crippen LogP contribution in [0.4, 0.5) is 11.4 Å². The van der Waals surface area contributed by atoms with Crippen LogP contribution in [-0.2, 0) is 9.84 Å². The predicted octanol–water partition coefficient (Wildman–Crippen LogP) is 1.82. The van der Waals surface area contributed by atoms with E-state index in [1.807, 2.05) is 34.5 Å². The molecule has 0 spiro atoms. The zero-order chi connectivity index (χ0) is 14.2. The Morgan fingerprint density at radius 1 is 1.47 bits per heavy atom. The molecule has 104 valence electrons. The number of anilines is 1. The number of benzene rings is 1. The Morgan fingerprint density at radius 3 is 2.63 bits per heavy atom. The summed E-state index contributed by atoms with van der Waals surface area (Å²) in [5, 5.41) is 10.8. The lowest BCUT2D eigenvalue weighted by atomic mass is 10.2. The molecule has 1 aromatic carbocycles. The van der Waals surface area contributed by atoms with E-state index in [0.29, 0.717) is 9.99 Å². The van der Waals surface area contributed by atoms with Gasteiger partial charge < -0.3 is 4.90 Å². The second-order valence-corrected chi connectivity index (χ2v) is 7.95. The molecule has 6 nitrogen and oxygen atoms in total. The zero-order valence-corrected chi connectivity index (χ0v) is 13.2. The third-order valence-electron chi connectivity index (χ3n) is 3.29. The Labute approximate surface area is 125 Å². The fraction of sp³-hybridized carbons (Fsp3) is 0.455. The van der Waals surface area contributed by atoms with E-state index >= 15 is 0 Å².